The van der Waals surface area contributed by atoms with Crippen LogP contribution in [-0.2, 0) is 47.9 Å². The quantitative estimate of drug-likeness (QED) is 0.147. The van der Waals surface area contributed by atoms with Crippen LogP contribution in [0.15, 0.2) is 47.5 Å². The number of hydrogen-bond acceptors (Lipinski definition) is 9. The van der Waals surface area contributed by atoms with Gasteiger partial charge in [0.05, 0.1) is 29.8 Å². The molecule has 0 saturated carbocycles. The van der Waals surface area contributed by atoms with Crippen molar-refractivity contribution in [2.45, 2.75) is 96.2 Å². The Kier molecular flexibility index (Phi) is 12.4. The van der Waals surface area contributed by atoms with Gasteiger partial charge in [0.15, 0.2) is 5.82 Å². The summed E-state index contributed by atoms with van der Waals surface area (Å²) in [6, 6.07) is 8.77. The van der Waals surface area contributed by atoms with Gasteiger partial charge in [0.25, 0.3) is 6.43 Å². The Bertz CT molecular complexity index is 2850. The average Bonchev–Trinajstić information content (AvgIpc) is 4.01. The minimum absolute atomic E-state index is 0.00978. The van der Waals surface area contributed by atoms with Gasteiger partial charge in [-0.05, 0) is 119 Å². The first-order chi connectivity index (χ1) is 32.4. The molecule has 0 radical (unpaired) electrons. The number of alkyl halides is 2. The third kappa shape index (κ3) is 8.81. The third-order valence-electron chi connectivity index (χ3n) is 14.9. The van der Waals surface area contributed by atoms with Gasteiger partial charge >= 0.3 is 5.69 Å². The molecule has 2 aromatic carbocycles. The molecule has 1 atom stereocenters. The number of fused-ring (bicyclic) bond motifs is 3. The van der Waals surface area contributed by atoms with E-state index in [4.69, 9.17) is 5.10 Å². The van der Waals surface area contributed by atoms with Gasteiger partial charge in [-0.2, -0.15) is 10.2 Å². The summed E-state index contributed by atoms with van der Waals surface area (Å²) in [6.07, 6.45) is 8.70. The summed E-state index contributed by atoms with van der Waals surface area (Å²) in [6.45, 7) is 9.45. The molecule has 1 N–H and O–H groups in total. The van der Waals surface area contributed by atoms with E-state index >= 15 is 0 Å². The Labute approximate surface area is 388 Å². The van der Waals surface area contributed by atoms with Crippen molar-refractivity contribution in [3.05, 3.63) is 81.2 Å². The fourth-order valence-corrected chi connectivity index (χ4v) is 11.1. The number of amides is 3. The molecule has 3 aromatic heterocycles. The number of anilines is 2. The fraction of sp³-hybridized carbons (Fsp3) is 0.520. The van der Waals surface area contributed by atoms with Gasteiger partial charge in [-0.15, -0.1) is 0 Å². The predicted octanol–water partition coefficient (Wildman–Crippen LogP) is 5.63. The van der Waals surface area contributed by atoms with E-state index in [0.717, 1.165) is 112 Å². The van der Waals surface area contributed by atoms with E-state index in [2.05, 4.69) is 41.6 Å². The highest BCUT2D eigenvalue weighted by Gasteiger charge is 2.35. The molecular weight excluding hydrogens is 857 g/mol. The van der Waals surface area contributed by atoms with Gasteiger partial charge < -0.3 is 19.6 Å². The maximum absolute atomic E-state index is 14.7. The van der Waals surface area contributed by atoms with Crippen molar-refractivity contribution in [2.24, 2.45) is 20.0 Å². The fourth-order valence-electron chi connectivity index (χ4n) is 11.1. The summed E-state index contributed by atoms with van der Waals surface area (Å²) in [5, 5.41) is 12.0. The predicted molar refractivity (Wildman–Crippen MR) is 250 cm³/mol. The van der Waals surface area contributed by atoms with Crippen molar-refractivity contribution in [1.82, 2.24) is 48.7 Å². The normalized spacial score (nSPS) is 20.0. The number of imide groups is 1. The van der Waals surface area contributed by atoms with Gasteiger partial charge in [-0.1, -0.05) is 11.8 Å². The van der Waals surface area contributed by atoms with Crippen molar-refractivity contribution in [1.29, 1.82) is 0 Å². The number of aryl methyl sites for hydroxylation is 3. The lowest BCUT2D eigenvalue weighted by molar-refractivity contribution is -0.135. The zero-order valence-electron chi connectivity index (χ0n) is 38.6. The first kappa shape index (κ1) is 44.7. The first-order valence-electron chi connectivity index (χ1n) is 24.0. The summed E-state index contributed by atoms with van der Waals surface area (Å²) in [5.74, 6) is 7.21. The number of imidazole rings is 1. The van der Waals surface area contributed by atoms with Crippen molar-refractivity contribution in [2.75, 3.05) is 57.3 Å². The van der Waals surface area contributed by atoms with Crippen LogP contribution in [0.25, 0.3) is 22.2 Å². The van der Waals surface area contributed by atoms with Gasteiger partial charge in [0.2, 0.25) is 17.7 Å². The summed E-state index contributed by atoms with van der Waals surface area (Å²) < 4.78 is 36.4. The van der Waals surface area contributed by atoms with Gasteiger partial charge in [-0.25, -0.2) is 13.6 Å². The molecule has 5 aliphatic heterocycles. The Hall–Kier alpha value is -6.12. The van der Waals surface area contributed by atoms with E-state index in [-0.39, 0.29) is 35.5 Å². The zero-order chi connectivity index (χ0) is 46.5. The van der Waals surface area contributed by atoms with Crippen LogP contribution in [0.3, 0.4) is 0 Å². The SMILES string of the molecule is CC(=O)N1CCc2c(c(N3CCCc4cc(-c5cnn(C)c5)c(C(F)F)cc43)nn2C2CCN(CCCN3CCC(C#Cc4ccc5c(c4)n(C)c(=O)n5C4CCC(=O)NC4=O)CC3)CC2)C1. The Morgan fingerprint density at radius 1 is 0.896 bits per heavy atom. The molecule has 0 aliphatic carbocycles. The van der Waals surface area contributed by atoms with E-state index in [0.29, 0.717) is 60.6 Å². The number of nitrogens with zero attached hydrogens (tertiary/aromatic N) is 10. The highest BCUT2D eigenvalue weighted by molar-refractivity contribution is 6.00. The van der Waals surface area contributed by atoms with Crippen molar-refractivity contribution < 1.29 is 23.2 Å². The minimum atomic E-state index is -2.65. The molecule has 0 spiro atoms. The van der Waals surface area contributed by atoms with E-state index in [1.54, 1.807) is 48.7 Å². The topological polar surface area (TPSA) is 139 Å². The molecule has 5 aliphatic rings. The van der Waals surface area contributed by atoms with E-state index in [9.17, 15) is 28.0 Å². The second-order valence-electron chi connectivity index (χ2n) is 19.1. The maximum atomic E-state index is 14.7. The largest absolute Gasteiger partial charge is 0.338 e. The molecule has 0 bridgehead atoms. The molecule has 352 valence electrons. The second-order valence-corrected chi connectivity index (χ2v) is 19.1. The molecule has 3 amide bonds. The number of carbonyl (C=O) groups is 3. The molecule has 8 heterocycles. The van der Waals surface area contributed by atoms with E-state index < -0.39 is 18.4 Å². The molecular formula is C50H59F2N11O4. The second kappa shape index (κ2) is 18.5. The lowest BCUT2D eigenvalue weighted by atomic mass is 9.92. The van der Waals surface area contributed by atoms with Crippen LogP contribution in [-0.4, -0.2) is 113 Å². The highest BCUT2D eigenvalue weighted by atomic mass is 19.3. The Balaban J connectivity index is 0.747. The number of nitrogens with one attached hydrogen (secondary N) is 1. The number of halogens is 2. The van der Waals surface area contributed by atoms with Crippen molar-refractivity contribution in [3.63, 3.8) is 0 Å². The number of carbonyl (C=O) groups excluding carboxylic acids is 3. The number of likely N-dealkylation sites (tertiary alicyclic amines) is 2. The lowest BCUT2D eigenvalue weighted by Crippen LogP contribution is -2.44. The monoisotopic (exact) mass is 915 g/mol. The molecule has 5 aromatic rings. The molecule has 10 rings (SSSR count). The van der Waals surface area contributed by atoms with E-state index in [1.165, 1.54) is 10.3 Å². The number of piperidine rings is 3. The van der Waals surface area contributed by atoms with Crippen molar-refractivity contribution in [3.8, 4) is 23.0 Å². The number of hydrogen-bond donors (Lipinski definition) is 1. The van der Waals surface area contributed by atoms with Crippen LogP contribution < -0.4 is 15.9 Å². The number of rotatable bonds is 9. The lowest BCUT2D eigenvalue weighted by Gasteiger charge is -2.35. The van der Waals surface area contributed by atoms with Gasteiger partial charge in [0.1, 0.15) is 6.04 Å². The smallest absolute Gasteiger partial charge is 0.329 e. The molecule has 1 unspecified atom stereocenters. The number of aromatic nitrogens is 6. The molecule has 15 nitrogen and oxygen atoms in total. The summed E-state index contributed by atoms with van der Waals surface area (Å²) in [7, 11) is 3.49. The average molecular weight is 916 g/mol. The van der Waals surface area contributed by atoms with E-state index in [1.807, 2.05) is 29.2 Å². The standard InChI is InChI=1S/C50H59F2N11O4/c1-32(64)60-25-17-41-40(31-60)48(61-20-4-6-35-27-38(36-29-53-56(2)30-36)39(47(51)52)28-44(35)61)55-63(41)37-15-23-59(24-16-37)19-5-18-58-21-13-33(14-22-58)7-8-34-9-10-42-45(26-34)57(3)50(67)62(42)43-11-12-46(65)54-49(43)66/h9-10,26-30,33,37,43,47H,4-6,11-25,31H2,1-3H3,(H,54,65,66). The van der Waals surface area contributed by atoms with Crippen LogP contribution >= 0.6 is 0 Å². The van der Waals surface area contributed by atoms with Crippen molar-refractivity contribution >= 4 is 40.3 Å². The highest BCUT2D eigenvalue weighted by Crippen LogP contribution is 2.44. The third-order valence-corrected chi connectivity index (χ3v) is 14.9. The zero-order valence-corrected chi connectivity index (χ0v) is 38.6. The molecule has 3 fully saturated rings. The van der Waals surface area contributed by atoms with Crippen LogP contribution in [0.2, 0.25) is 0 Å². The minimum Gasteiger partial charge on any atom is -0.338 e. The van der Waals surface area contributed by atoms with Crippen LogP contribution in [0.1, 0.15) is 105 Å². The summed E-state index contributed by atoms with van der Waals surface area (Å²) in [4.78, 5) is 59.3. The van der Waals surface area contributed by atoms with Gasteiger partial charge in [-0.3, -0.25) is 38.2 Å². The molecule has 3 saturated heterocycles. The van der Waals surface area contributed by atoms with Gasteiger partial charge in [0, 0.05) is 106 Å². The number of benzene rings is 2. The Morgan fingerprint density at radius 2 is 1.66 bits per heavy atom. The Morgan fingerprint density at radius 3 is 2.36 bits per heavy atom. The summed E-state index contributed by atoms with van der Waals surface area (Å²) in [5.41, 5.74) is 7.10. The van der Waals surface area contributed by atoms with Crippen LogP contribution in [0.5, 0.6) is 0 Å². The first-order valence-corrected chi connectivity index (χ1v) is 24.0. The summed E-state index contributed by atoms with van der Waals surface area (Å²) >= 11 is 0. The van der Waals surface area contributed by atoms with Crippen LogP contribution in [0.4, 0.5) is 20.3 Å². The van der Waals surface area contributed by atoms with Crippen LogP contribution in [0, 0.1) is 17.8 Å². The molecule has 17 heteroatoms. The molecule has 67 heavy (non-hydrogen) atoms. The maximum Gasteiger partial charge on any atom is 0.329 e.